The molecule has 2 heterocycles. The lowest BCUT2D eigenvalue weighted by Crippen LogP contribution is -2.34. The molecule has 0 amide bonds. The zero-order chi connectivity index (χ0) is 14.1. The maximum atomic E-state index is 6.33. The number of alkyl halides is 1. The minimum Gasteiger partial charge on any atom is -0.326 e. The summed E-state index contributed by atoms with van der Waals surface area (Å²) >= 11 is 6.33. The van der Waals surface area contributed by atoms with Crippen LogP contribution in [0.2, 0.25) is 0 Å². The van der Waals surface area contributed by atoms with Gasteiger partial charge in [0, 0.05) is 13.1 Å². The molecule has 1 aliphatic heterocycles. The number of hydrogen-bond donors (Lipinski definition) is 0. The van der Waals surface area contributed by atoms with E-state index < -0.39 is 0 Å². The Hall–Kier alpha value is -1.06. The maximum absolute atomic E-state index is 6.33. The molecule has 0 N–H and O–H groups in total. The normalized spacial score (nSPS) is 22.2. The molecule has 1 aliphatic rings. The van der Waals surface area contributed by atoms with Crippen LogP contribution in [0.4, 0.5) is 0 Å². The Morgan fingerprint density at radius 3 is 2.95 bits per heavy atom. The fourth-order valence-electron chi connectivity index (χ4n) is 3.27. The standard InChI is InChI=1S/C16H22ClN3/c1-12(17)16-18-14-7-3-4-8-15(14)20(16)11-13-6-5-9-19(2)10-13/h3-4,7-8,12-13H,5-6,9-11H2,1-2H3. The summed E-state index contributed by atoms with van der Waals surface area (Å²) in [6.45, 7) is 5.42. The van der Waals surface area contributed by atoms with Gasteiger partial charge in [-0.2, -0.15) is 0 Å². The zero-order valence-corrected chi connectivity index (χ0v) is 13.0. The molecular formula is C16H22ClN3. The lowest BCUT2D eigenvalue weighted by Gasteiger charge is -2.30. The molecule has 3 nitrogen and oxygen atoms in total. The van der Waals surface area contributed by atoms with Gasteiger partial charge >= 0.3 is 0 Å². The first-order valence-corrected chi connectivity index (χ1v) is 7.86. The molecule has 2 aromatic rings. The molecule has 4 heteroatoms. The van der Waals surface area contributed by atoms with Crippen molar-refractivity contribution in [3.05, 3.63) is 30.1 Å². The Kier molecular flexibility index (Phi) is 3.99. The van der Waals surface area contributed by atoms with Crippen LogP contribution in [0.1, 0.15) is 31.0 Å². The van der Waals surface area contributed by atoms with Crippen molar-refractivity contribution in [3.63, 3.8) is 0 Å². The molecular weight excluding hydrogens is 270 g/mol. The SMILES string of the molecule is CC(Cl)c1nc2ccccc2n1CC1CCCN(C)C1. The Morgan fingerprint density at radius 1 is 1.40 bits per heavy atom. The molecule has 3 rings (SSSR count). The fourth-order valence-corrected chi connectivity index (χ4v) is 3.44. The van der Waals surface area contributed by atoms with Gasteiger partial charge in [-0.05, 0) is 51.4 Å². The van der Waals surface area contributed by atoms with Crippen molar-refractivity contribution in [3.8, 4) is 0 Å². The Bertz CT molecular complexity index is 590. The second-order valence-electron chi connectivity index (χ2n) is 5.96. The number of imidazole rings is 1. The molecule has 0 aliphatic carbocycles. The Morgan fingerprint density at radius 2 is 2.20 bits per heavy atom. The largest absolute Gasteiger partial charge is 0.326 e. The molecule has 0 radical (unpaired) electrons. The van der Waals surface area contributed by atoms with Gasteiger partial charge in [-0.25, -0.2) is 4.98 Å². The second kappa shape index (κ2) is 5.74. The number of halogens is 1. The topological polar surface area (TPSA) is 21.1 Å². The molecule has 0 spiro atoms. The molecule has 20 heavy (non-hydrogen) atoms. The fraction of sp³-hybridized carbons (Fsp3) is 0.562. The summed E-state index contributed by atoms with van der Waals surface area (Å²) in [6.07, 6.45) is 2.59. The molecule has 0 bridgehead atoms. The Balaban J connectivity index is 1.94. The van der Waals surface area contributed by atoms with E-state index in [9.17, 15) is 0 Å². The third-order valence-corrected chi connectivity index (χ3v) is 4.40. The lowest BCUT2D eigenvalue weighted by atomic mass is 9.98. The predicted octanol–water partition coefficient (Wildman–Crippen LogP) is 3.68. The van der Waals surface area contributed by atoms with Gasteiger partial charge in [-0.15, -0.1) is 11.6 Å². The second-order valence-corrected chi connectivity index (χ2v) is 6.61. The van der Waals surface area contributed by atoms with E-state index in [1.807, 2.05) is 13.0 Å². The van der Waals surface area contributed by atoms with E-state index in [0.29, 0.717) is 5.92 Å². The van der Waals surface area contributed by atoms with Gasteiger partial charge in [-0.3, -0.25) is 0 Å². The van der Waals surface area contributed by atoms with Crippen molar-refractivity contribution in [2.24, 2.45) is 5.92 Å². The highest BCUT2D eigenvalue weighted by atomic mass is 35.5. The van der Waals surface area contributed by atoms with Crippen LogP contribution < -0.4 is 0 Å². The van der Waals surface area contributed by atoms with Gasteiger partial charge < -0.3 is 9.47 Å². The summed E-state index contributed by atoms with van der Waals surface area (Å²) in [5.74, 6) is 1.70. The van der Waals surface area contributed by atoms with Crippen LogP contribution in [-0.4, -0.2) is 34.6 Å². The van der Waals surface area contributed by atoms with E-state index in [4.69, 9.17) is 16.6 Å². The number of fused-ring (bicyclic) bond motifs is 1. The van der Waals surface area contributed by atoms with Crippen LogP contribution in [0, 0.1) is 5.92 Å². The lowest BCUT2D eigenvalue weighted by molar-refractivity contribution is 0.194. The average Bonchev–Trinajstić information content (AvgIpc) is 2.78. The molecule has 2 unspecified atom stereocenters. The smallest absolute Gasteiger partial charge is 0.127 e. The van der Waals surface area contributed by atoms with Crippen LogP contribution in [0.5, 0.6) is 0 Å². The van der Waals surface area contributed by atoms with Gasteiger partial charge in [0.1, 0.15) is 5.82 Å². The molecule has 0 saturated carbocycles. The van der Waals surface area contributed by atoms with Gasteiger partial charge in [0.15, 0.2) is 0 Å². The quantitative estimate of drug-likeness (QED) is 0.805. The van der Waals surface area contributed by atoms with Gasteiger partial charge in [0.05, 0.1) is 16.4 Å². The van der Waals surface area contributed by atoms with E-state index >= 15 is 0 Å². The van der Waals surface area contributed by atoms with Crippen molar-refractivity contribution in [2.45, 2.75) is 31.7 Å². The van der Waals surface area contributed by atoms with Crippen LogP contribution in [0.15, 0.2) is 24.3 Å². The average molecular weight is 292 g/mol. The highest BCUT2D eigenvalue weighted by Gasteiger charge is 2.21. The summed E-state index contributed by atoms with van der Waals surface area (Å²) in [4.78, 5) is 7.14. The third kappa shape index (κ3) is 2.70. The van der Waals surface area contributed by atoms with Crippen molar-refractivity contribution in [1.29, 1.82) is 0 Å². The first kappa shape index (κ1) is 13.9. The van der Waals surface area contributed by atoms with Crippen molar-refractivity contribution in [2.75, 3.05) is 20.1 Å². The predicted molar refractivity (Wildman–Crippen MR) is 84.2 cm³/mol. The van der Waals surface area contributed by atoms with Crippen molar-refractivity contribution in [1.82, 2.24) is 14.5 Å². The Labute approximate surface area is 125 Å². The highest BCUT2D eigenvalue weighted by Crippen LogP contribution is 2.27. The first-order valence-electron chi connectivity index (χ1n) is 7.43. The summed E-state index contributed by atoms with van der Waals surface area (Å²) < 4.78 is 2.33. The third-order valence-electron chi connectivity index (χ3n) is 4.20. The summed E-state index contributed by atoms with van der Waals surface area (Å²) in [5, 5.41) is -0.0521. The monoisotopic (exact) mass is 291 g/mol. The van der Waals surface area contributed by atoms with Crippen LogP contribution in [-0.2, 0) is 6.54 Å². The van der Waals surface area contributed by atoms with Gasteiger partial charge in [0.2, 0.25) is 0 Å². The van der Waals surface area contributed by atoms with Crippen molar-refractivity contribution < 1.29 is 0 Å². The number of likely N-dealkylation sites (tertiary alicyclic amines) is 1. The van der Waals surface area contributed by atoms with Crippen molar-refractivity contribution >= 4 is 22.6 Å². The van der Waals surface area contributed by atoms with E-state index in [1.54, 1.807) is 0 Å². The molecule has 1 aromatic carbocycles. The number of para-hydroxylation sites is 2. The van der Waals surface area contributed by atoms with Gasteiger partial charge in [-0.1, -0.05) is 12.1 Å². The van der Waals surface area contributed by atoms with Crippen LogP contribution in [0.25, 0.3) is 11.0 Å². The van der Waals surface area contributed by atoms with Gasteiger partial charge in [0.25, 0.3) is 0 Å². The van der Waals surface area contributed by atoms with E-state index in [-0.39, 0.29) is 5.38 Å². The number of piperidine rings is 1. The summed E-state index contributed by atoms with van der Waals surface area (Å²) in [7, 11) is 2.21. The molecule has 1 saturated heterocycles. The molecule has 108 valence electrons. The number of aromatic nitrogens is 2. The molecule has 2 atom stereocenters. The molecule has 1 fully saturated rings. The van der Waals surface area contributed by atoms with Crippen LogP contribution >= 0.6 is 11.6 Å². The first-order chi connectivity index (χ1) is 9.65. The summed E-state index contributed by atoms with van der Waals surface area (Å²) in [6, 6.07) is 8.34. The highest BCUT2D eigenvalue weighted by molar-refractivity contribution is 6.20. The number of nitrogens with zero attached hydrogens (tertiary/aromatic N) is 3. The summed E-state index contributed by atoms with van der Waals surface area (Å²) in [5.41, 5.74) is 2.27. The molecule has 1 aromatic heterocycles. The van der Waals surface area contributed by atoms with E-state index in [1.165, 1.54) is 31.4 Å². The number of rotatable bonds is 3. The number of benzene rings is 1. The number of hydrogen-bond acceptors (Lipinski definition) is 2. The van der Waals surface area contributed by atoms with E-state index in [0.717, 1.165) is 17.9 Å². The van der Waals surface area contributed by atoms with E-state index in [2.05, 4.69) is 34.7 Å². The minimum absolute atomic E-state index is 0.0521. The maximum Gasteiger partial charge on any atom is 0.127 e. The zero-order valence-electron chi connectivity index (χ0n) is 12.2. The van der Waals surface area contributed by atoms with Crippen LogP contribution in [0.3, 0.4) is 0 Å². The minimum atomic E-state index is -0.0521.